The summed E-state index contributed by atoms with van der Waals surface area (Å²) in [6.07, 6.45) is 4.79. The van der Waals surface area contributed by atoms with E-state index in [-0.39, 0.29) is 29.6 Å². The molecule has 1 saturated carbocycles. The molecule has 1 unspecified atom stereocenters. The zero-order chi connectivity index (χ0) is 21.4. The van der Waals surface area contributed by atoms with E-state index >= 15 is 4.39 Å². The molecule has 0 amide bonds. The predicted molar refractivity (Wildman–Crippen MR) is 113 cm³/mol. The fourth-order valence-corrected chi connectivity index (χ4v) is 4.07. The number of halogens is 1. The summed E-state index contributed by atoms with van der Waals surface area (Å²) < 4.78 is 27.9. The largest absolute Gasteiger partial charge is 0.492 e. The molecule has 160 valence electrons. The van der Waals surface area contributed by atoms with Gasteiger partial charge in [0.25, 0.3) is 0 Å². The molecule has 0 bridgehead atoms. The number of carbonyl (C=O) groups is 1. The summed E-state index contributed by atoms with van der Waals surface area (Å²) in [5, 5.41) is 3.46. The first-order chi connectivity index (χ1) is 14.5. The zero-order valence-electron chi connectivity index (χ0n) is 17.2. The van der Waals surface area contributed by atoms with Crippen LogP contribution in [0.25, 0.3) is 10.9 Å². The van der Waals surface area contributed by atoms with Crippen LogP contribution in [0.4, 0.5) is 10.1 Å². The number of fused-ring (bicyclic) bond motifs is 1. The van der Waals surface area contributed by atoms with Crippen molar-refractivity contribution in [3.05, 3.63) is 46.5 Å². The molecule has 1 aromatic carbocycles. The molecule has 1 atom stereocenters. The van der Waals surface area contributed by atoms with E-state index in [1.807, 2.05) is 16.4 Å². The molecule has 1 saturated heterocycles. The molecule has 1 aliphatic heterocycles. The van der Waals surface area contributed by atoms with Crippen LogP contribution in [0, 0.1) is 5.82 Å². The monoisotopic (exact) mass is 415 g/mol. The lowest BCUT2D eigenvalue weighted by Gasteiger charge is -2.35. The Kier molecular flexibility index (Phi) is 5.51. The summed E-state index contributed by atoms with van der Waals surface area (Å²) in [5.41, 5.74) is 0.205. The van der Waals surface area contributed by atoms with Gasteiger partial charge >= 0.3 is 5.97 Å². The number of nitrogens with zero attached hydrogens (tertiary/aromatic N) is 2. The molecule has 0 radical (unpaired) electrons. The Morgan fingerprint density at radius 3 is 2.83 bits per heavy atom. The Morgan fingerprint density at radius 1 is 1.43 bits per heavy atom. The average molecular weight is 415 g/mol. The number of nitrogens with one attached hydrogen (secondary N) is 1. The number of ether oxygens (including phenoxy) is 2. The van der Waals surface area contributed by atoms with E-state index in [4.69, 9.17) is 9.47 Å². The van der Waals surface area contributed by atoms with Crippen molar-refractivity contribution in [1.82, 2.24) is 9.88 Å². The van der Waals surface area contributed by atoms with E-state index in [1.165, 1.54) is 25.4 Å². The third-order valence-electron chi connectivity index (χ3n) is 5.58. The Bertz CT molecular complexity index is 1060. The van der Waals surface area contributed by atoms with Gasteiger partial charge < -0.3 is 24.3 Å². The summed E-state index contributed by atoms with van der Waals surface area (Å²) in [7, 11) is 1.48. The van der Waals surface area contributed by atoms with E-state index in [9.17, 15) is 9.59 Å². The summed E-state index contributed by atoms with van der Waals surface area (Å²) in [4.78, 5) is 27.5. The van der Waals surface area contributed by atoms with Crippen LogP contribution in [0.1, 0.15) is 36.2 Å². The van der Waals surface area contributed by atoms with Gasteiger partial charge in [-0.3, -0.25) is 4.79 Å². The lowest BCUT2D eigenvalue weighted by molar-refractivity contribution is 0.0547. The molecule has 7 nitrogen and oxygen atoms in total. The molecule has 4 rings (SSSR count). The van der Waals surface area contributed by atoms with Gasteiger partial charge in [-0.05, 0) is 25.8 Å². The number of esters is 1. The minimum Gasteiger partial charge on any atom is -0.492 e. The normalized spacial score (nSPS) is 19.0. The Hall–Kier alpha value is -2.87. The fourth-order valence-electron chi connectivity index (χ4n) is 4.07. The number of methoxy groups -OCH3 is 1. The third-order valence-corrected chi connectivity index (χ3v) is 5.58. The van der Waals surface area contributed by atoms with Crippen LogP contribution in [-0.4, -0.2) is 49.9 Å². The van der Waals surface area contributed by atoms with Crippen LogP contribution < -0.4 is 20.4 Å². The number of carbonyl (C=O) groups excluding carboxylic acids is 1. The summed E-state index contributed by atoms with van der Waals surface area (Å²) in [6, 6.07) is 1.56. The second kappa shape index (κ2) is 8.10. The number of hydrogen-bond donors (Lipinski definition) is 1. The molecule has 2 heterocycles. The number of anilines is 1. The van der Waals surface area contributed by atoms with Crippen molar-refractivity contribution in [2.45, 2.75) is 31.8 Å². The first-order valence-corrected chi connectivity index (χ1v) is 10.2. The highest BCUT2D eigenvalue weighted by Crippen LogP contribution is 2.43. The Balaban J connectivity index is 1.95. The molecule has 2 fully saturated rings. The first kappa shape index (κ1) is 20.4. The van der Waals surface area contributed by atoms with E-state index in [2.05, 4.69) is 11.9 Å². The van der Waals surface area contributed by atoms with Crippen LogP contribution in [-0.2, 0) is 4.74 Å². The van der Waals surface area contributed by atoms with Crippen molar-refractivity contribution in [2.75, 3.05) is 38.3 Å². The number of pyridine rings is 1. The van der Waals surface area contributed by atoms with E-state index in [0.29, 0.717) is 30.0 Å². The minimum atomic E-state index is -0.740. The van der Waals surface area contributed by atoms with Gasteiger partial charge in [-0.25, -0.2) is 9.18 Å². The predicted octanol–water partition coefficient (Wildman–Crippen LogP) is 2.63. The van der Waals surface area contributed by atoms with Crippen molar-refractivity contribution in [1.29, 1.82) is 0 Å². The summed E-state index contributed by atoms with van der Waals surface area (Å²) >= 11 is 0. The smallest absolute Gasteiger partial charge is 0.343 e. The number of hydrogen-bond acceptors (Lipinski definition) is 6. The van der Waals surface area contributed by atoms with Gasteiger partial charge in [-0.2, -0.15) is 0 Å². The molecule has 1 N–H and O–H groups in total. The van der Waals surface area contributed by atoms with Crippen molar-refractivity contribution in [2.24, 2.45) is 0 Å². The van der Waals surface area contributed by atoms with Crippen LogP contribution in [0.2, 0.25) is 0 Å². The van der Waals surface area contributed by atoms with Gasteiger partial charge in [0.05, 0.1) is 18.0 Å². The second-order valence-corrected chi connectivity index (χ2v) is 7.84. The topological polar surface area (TPSA) is 72.8 Å². The molecule has 8 heteroatoms. The first-order valence-electron chi connectivity index (χ1n) is 10.2. The highest BCUT2D eigenvalue weighted by Gasteiger charge is 2.32. The van der Waals surface area contributed by atoms with E-state index in [1.54, 1.807) is 0 Å². The molecular formula is C22H26FN3O4. The van der Waals surface area contributed by atoms with Gasteiger partial charge in [0.2, 0.25) is 5.43 Å². The van der Waals surface area contributed by atoms with Crippen molar-refractivity contribution in [3.63, 3.8) is 0 Å². The minimum absolute atomic E-state index is 0.00244. The summed E-state index contributed by atoms with van der Waals surface area (Å²) in [6.45, 7) is 7.53. The van der Waals surface area contributed by atoms with Gasteiger partial charge in [-0.1, -0.05) is 12.7 Å². The van der Waals surface area contributed by atoms with E-state index in [0.717, 1.165) is 19.4 Å². The maximum Gasteiger partial charge on any atom is 0.343 e. The molecule has 1 aromatic heterocycles. The molecular weight excluding hydrogens is 389 g/mol. The Morgan fingerprint density at radius 2 is 2.20 bits per heavy atom. The van der Waals surface area contributed by atoms with Gasteiger partial charge in [0, 0.05) is 37.9 Å². The number of rotatable bonds is 6. The maximum absolute atomic E-state index is 15.3. The van der Waals surface area contributed by atoms with Crippen molar-refractivity contribution < 1.29 is 18.7 Å². The van der Waals surface area contributed by atoms with E-state index < -0.39 is 17.2 Å². The zero-order valence-corrected chi connectivity index (χ0v) is 17.2. The third kappa shape index (κ3) is 3.56. The maximum atomic E-state index is 15.3. The quantitative estimate of drug-likeness (QED) is 0.578. The van der Waals surface area contributed by atoms with Crippen molar-refractivity contribution in [3.8, 4) is 5.75 Å². The SMILES string of the molecule is C=CCOC(=O)c1cn(C2CC2)c2c(OC)c(N3CCNC(C)C3)c(F)cc2c1=O. The average Bonchev–Trinajstić information content (AvgIpc) is 3.57. The van der Waals surface area contributed by atoms with Gasteiger partial charge in [0.15, 0.2) is 11.6 Å². The number of benzene rings is 1. The fraction of sp³-hybridized carbons (Fsp3) is 0.455. The van der Waals surface area contributed by atoms with Crippen LogP contribution in [0.15, 0.2) is 29.7 Å². The molecule has 1 aliphatic carbocycles. The highest BCUT2D eigenvalue weighted by atomic mass is 19.1. The van der Waals surface area contributed by atoms with Crippen molar-refractivity contribution >= 4 is 22.6 Å². The lowest BCUT2D eigenvalue weighted by atomic mass is 10.1. The number of aromatic nitrogens is 1. The molecule has 2 aliphatic rings. The van der Waals surface area contributed by atoms with Crippen LogP contribution in [0.5, 0.6) is 5.75 Å². The van der Waals surface area contributed by atoms with Crippen LogP contribution >= 0.6 is 0 Å². The van der Waals surface area contributed by atoms with Gasteiger partial charge in [-0.15, -0.1) is 0 Å². The van der Waals surface area contributed by atoms with Crippen LogP contribution in [0.3, 0.4) is 0 Å². The Labute approximate surface area is 174 Å². The molecule has 0 spiro atoms. The standard InChI is InChI=1S/C22H26FN3O4/c1-4-9-30-22(28)16-12-26(14-5-6-14)18-15(20(16)27)10-17(23)19(21(18)29-3)25-8-7-24-13(2)11-25/h4,10,12-14,24H,1,5-9,11H2,2-3H3. The molecule has 30 heavy (non-hydrogen) atoms. The highest BCUT2D eigenvalue weighted by molar-refractivity contribution is 5.97. The number of piperazine rings is 1. The van der Waals surface area contributed by atoms with Gasteiger partial charge in [0.1, 0.15) is 17.9 Å². The lowest BCUT2D eigenvalue weighted by Crippen LogP contribution is -2.49. The summed E-state index contributed by atoms with van der Waals surface area (Å²) in [5.74, 6) is -0.950. The second-order valence-electron chi connectivity index (χ2n) is 7.84. The molecule has 2 aromatic rings.